The monoisotopic (exact) mass is 682 g/mol. The molecule has 0 aromatic heterocycles. The summed E-state index contributed by atoms with van der Waals surface area (Å²) in [5, 5.41) is 38.3. The molecule has 0 bridgehead atoms. The average molecular weight is 683 g/mol. The quantitative estimate of drug-likeness (QED) is 0.112. The molecule has 15 heteroatoms. The van der Waals surface area contributed by atoms with E-state index in [0.717, 1.165) is 28.8 Å². The fourth-order valence-electron chi connectivity index (χ4n) is 5.47. The predicted octanol–water partition coefficient (Wildman–Crippen LogP) is 0.903. The van der Waals surface area contributed by atoms with Gasteiger partial charge in [-0.3, -0.25) is 38.8 Å². The highest BCUT2D eigenvalue weighted by molar-refractivity contribution is 7.80. The van der Waals surface area contributed by atoms with E-state index >= 15 is 0 Å². The molecule has 0 aliphatic carbocycles. The molecule has 1 aliphatic rings. The second-order valence-electron chi connectivity index (χ2n) is 11.6. The maximum atomic E-state index is 12.0. The van der Waals surface area contributed by atoms with Gasteiger partial charge >= 0.3 is 23.9 Å². The normalized spacial score (nSPS) is 17.9. The summed E-state index contributed by atoms with van der Waals surface area (Å²) in [7, 11) is 0. The van der Waals surface area contributed by atoms with E-state index in [1.165, 1.54) is 0 Å². The van der Waals surface area contributed by atoms with Gasteiger partial charge in [-0.1, -0.05) is 36.5 Å². The average Bonchev–Trinajstić information content (AvgIpc) is 2.98. The third kappa shape index (κ3) is 18.2. The number of ether oxygens (including phenoxy) is 2. The second kappa shape index (κ2) is 22.5. The van der Waals surface area contributed by atoms with Gasteiger partial charge in [-0.15, -0.1) is 0 Å². The van der Waals surface area contributed by atoms with Crippen molar-refractivity contribution < 1.29 is 49.1 Å². The van der Waals surface area contributed by atoms with E-state index in [0.29, 0.717) is 39.3 Å². The number of carboxylic acids is 4. The number of rotatable bonds is 20. The molecule has 0 spiro atoms. The number of nitrogens with zero attached hydrogens (tertiary/aromatic N) is 4. The molecule has 1 heterocycles. The van der Waals surface area contributed by atoms with E-state index in [9.17, 15) is 39.6 Å². The molecule has 2 rings (SSSR count). The van der Waals surface area contributed by atoms with Crippen molar-refractivity contribution >= 4 is 41.0 Å². The SMILES string of the molecule is CCOCCOCCCC(=S)Cc1ccc(CC2CN(CC(=O)O)CCN(CC(=O)O)CCN(CC(=O)O)CCN2CC(=O)O)cc1. The second-order valence-corrected chi connectivity index (χ2v) is 12.2. The lowest BCUT2D eigenvalue weighted by molar-refractivity contribution is -0.142. The Hall–Kier alpha value is -3.05. The van der Waals surface area contributed by atoms with Crippen LogP contribution >= 0.6 is 12.2 Å². The fraction of sp³-hybridized carbons (Fsp3) is 0.656. The molecule has 264 valence electrons. The molecule has 1 atom stereocenters. The molecule has 47 heavy (non-hydrogen) atoms. The lowest BCUT2D eigenvalue weighted by Crippen LogP contribution is -2.53. The zero-order valence-corrected chi connectivity index (χ0v) is 28.1. The molecule has 14 nitrogen and oxygen atoms in total. The molecular weight excluding hydrogens is 632 g/mol. The maximum Gasteiger partial charge on any atom is 0.317 e. The van der Waals surface area contributed by atoms with E-state index < -0.39 is 29.9 Å². The largest absolute Gasteiger partial charge is 0.480 e. The molecule has 1 aliphatic heterocycles. The predicted molar refractivity (Wildman–Crippen MR) is 178 cm³/mol. The summed E-state index contributed by atoms with van der Waals surface area (Å²) in [6, 6.07) is 7.50. The van der Waals surface area contributed by atoms with Crippen molar-refractivity contribution in [3.05, 3.63) is 35.4 Å². The van der Waals surface area contributed by atoms with Crippen molar-refractivity contribution in [3.63, 3.8) is 0 Å². The molecule has 1 saturated heterocycles. The van der Waals surface area contributed by atoms with Gasteiger partial charge in [-0.05, 0) is 42.2 Å². The van der Waals surface area contributed by atoms with Crippen LogP contribution in [-0.2, 0) is 41.5 Å². The molecule has 0 radical (unpaired) electrons. The number of hydrogen-bond acceptors (Lipinski definition) is 11. The first-order valence-electron chi connectivity index (χ1n) is 16.0. The Bertz CT molecular complexity index is 1140. The Balaban J connectivity index is 2.20. The van der Waals surface area contributed by atoms with Crippen LogP contribution in [-0.4, -0.2) is 173 Å². The molecule has 1 aromatic rings. The van der Waals surface area contributed by atoms with Gasteiger partial charge in [0.05, 0.1) is 39.4 Å². The van der Waals surface area contributed by atoms with E-state index in [2.05, 4.69) is 0 Å². The minimum absolute atomic E-state index is 0.220. The summed E-state index contributed by atoms with van der Waals surface area (Å²) in [6.07, 6.45) is 2.65. The van der Waals surface area contributed by atoms with E-state index in [1.807, 2.05) is 31.2 Å². The lowest BCUT2D eigenvalue weighted by atomic mass is 10.00. The first-order chi connectivity index (χ1) is 22.4. The summed E-state index contributed by atoms with van der Waals surface area (Å²) < 4.78 is 10.8. The van der Waals surface area contributed by atoms with Gasteiger partial charge in [0.15, 0.2) is 0 Å². The van der Waals surface area contributed by atoms with Crippen molar-refractivity contribution in [2.24, 2.45) is 0 Å². The first kappa shape index (κ1) is 40.1. The molecule has 1 aromatic carbocycles. The van der Waals surface area contributed by atoms with Crippen LogP contribution in [0, 0.1) is 0 Å². The zero-order chi connectivity index (χ0) is 34.6. The standard InChI is InChI=1S/C32H50N4O10S/c1-2-45-16-17-46-15-3-4-28(47)19-26-7-5-25(6-8-26)18-27-20-35(23-31(41)42)12-11-33(21-29(37)38)9-10-34(22-30(39)40)13-14-36(27)24-32(43)44/h5-8,27H,2-4,9-24H2,1H3,(H,37,38)(H,39,40)(H,41,42)(H,43,44). The fourth-order valence-corrected chi connectivity index (χ4v) is 5.78. The number of carbonyl (C=O) groups is 4. The van der Waals surface area contributed by atoms with Gasteiger partial charge in [-0.2, -0.15) is 0 Å². The highest BCUT2D eigenvalue weighted by Gasteiger charge is 2.27. The molecule has 0 saturated carbocycles. The minimum Gasteiger partial charge on any atom is -0.480 e. The third-order valence-corrected chi connectivity index (χ3v) is 8.13. The number of aliphatic carboxylic acids is 4. The van der Waals surface area contributed by atoms with Gasteiger partial charge in [0.25, 0.3) is 0 Å². The molecule has 4 N–H and O–H groups in total. The molecule has 0 amide bonds. The molecule has 1 fully saturated rings. The van der Waals surface area contributed by atoms with E-state index in [4.69, 9.17) is 21.7 Å². The van der Waals surface area contributed by atoms with E-state index in [-0.39, 0.29) is 72.0 Å². The summed E-state index contributed by atoms with van der Waals surface area (Å²) in [5.41, 5.74) is 1.98. The van der Waals surface area contributed by atoms with Crippen molar-refractivity contribution in [2.75, 3.05) is 98.4 Å². The van der Waals surface area contributed by atoms with Crippen LogP contribution in [0.15, 0.2) is 24.3 Å². The first-order valence-corrected chi connectivity index (χ1v) is 16.4. The molecular formula is C32H50N4O10S. The summed E-state index contributed by atoms with van der Waals surface area (Å²) in [4.78, 5) is 54.6. The smallest absolute Gasteiger partial charge is 0.317 e. The lowest BCUT2D eigenvalue weighted by Gasteiger charge is -2.37. The Labute approximate surface area is 281 Å². The summed E-state index contributed by atoms with van der Waals surface area (Å²) in [6.45, 7) is 4.92. The topological polar surface area (TPSA) is 181 Å². The third-order valence-electron chi connectivity index (χ3n) is 7.78. The van der Waals surface area contributed by atoms with Gasteiger partial charge in [0.1, 0.15) is 0 Å². The summed E-state index contributed by atoms with van der Waals surface area (Å²) >= 11 is 5.59. The number of benzene rings is 1. The number of carboxylic acid groups (broad SMARTS) is 4. The van der Waals surface area contributed by atoms with Crippen molar-refractivity contribution in [1.29, 1.82) is 0 Å². The Morgan fingerprint density at radius 2 is 1.19 bits per heavy atom. The van der Waals surface area contributed by atoms with E-state index in [1.54, 1.807) is 19.6 Å². The van der Waals surface area contributed by atoms with Crippen molar-refractivity contribution in [2.45, 2.75) is 38.6 Å². The van der Waals surface area contributed by atoms with Crippen molar-refractivity contribution in [1.82, 2.24) is 19.6 Å². The van der Waals surface area contributed by atoms with Crippen molar-refractivity contribution in [3.8, 4) is 0 Å². The van der Waals surface area contributed by atoms with Gasteiger partial charge in [-0.25, -0.2) is 0 Å². The Kier molecular flexibility index (Phi) is 19.2. The van der Waals surface area contributed by atoms with Gasteiger partial charge in [0, 0.05) is 71.5 Å². The summed E-state index contributed by atoms with van der Waals surface area (Å²) in [5.74, 6) is -4.17. The Morgan fingerprint density at radius 3 is 1.74 bits per heavy atom. The van der Waals surface area contributed by atoms with Gasteiger partial charge in [0.2, 0.25) is 0 Å². The van der Waals surface area contributed by atoms with Crippen LogP contribution in [0.3, 0.4) is 0 Å². The number of hydrogen-bond donors (Lipinski definition) is 4. The maximum absolute atomic E-state index is 12.0. The highest BCUT2D eigenvalue weighted by atomic mass is 32.1. The van der Waals surface area contributed by atoms with Crippen LogP contribution in [0.4, 0.5) is 0 Å². The van der Waals surface area contributed by atoms with Crippen LogP contribution in [0.2, 0.25) is 0 Å². The van der Waals surface area contributed by atoms with Crippen LogP contribution in [0.25, 0.3) is 0 Å². The van der Waals surface area contributed by atoms with Crippen LogP contribution in [0.1, 0.15) is 30.9 Å². The van der Waals surface area contributed by atoms with Gasteiger partial charge < -0.3 is 29.9 Å². The Morgan fingerprint density at radius 1 is 0.702 bits per heavy atom. The minimum atomic E-state index is -1.05. The highest BCUT2D eigenvalue weighted by Crippen LogP contribution is 2.15. The molecule has 1 unspecified atom stereocenters. The number of thiocarbonyl (C=S) groups is 1. The van der Waals surface area contributed by atoms with Crippen LogP contribution in [0.5, 0.6) is 0 Å². The zero-order valence-electron chi connectivity index (χ0n) is 27.3. The van der Waals surface area contributed by atoms with Crippen LogP contribution < -0.4 is 0 Å².